The van der Waals surface area contributed by atoms with Crippen molar-refractivity contribution in [3.05, 3.63) is 364 Å². The van der Waals surface area contributed by atoms with Gasteiger partial charge in [0.25, 0.3) is 0 Å². The number of aromatic nitrogens is 4. The molecule has 19 aromatic rings. The second-order valence-corrected chi connectivity index (χ2v) is 24.3. The standard InChI is InChI=1S/C48H32N2.C42H28N2/c1-3-13-33(14-4-1)35-25-29-37(30-26-35)49-43-21-9-7-17-41(43)47-39(19-11-23-45(47)49)40-20-12-24-46-48(40)42-18-8-10-22-44(42)50(46)38-31-27-36(28-32-38)34-15-5-2-6-16-34;1-3-11-29(12-4-1)30-19-23-34(24-20-30)44-40-18-10-8-16-36(40)38-26-22-32(28-42(38)44)31-21-25-37-35-15-7-9-17-39(35)43(41(37)27-31)33-13-5-2-6-14-33/h1-32H;1-28H. The van der Waals surface area contributed by atoms with Crippen LogP contribution in [0.1, 0.15) is 0 Å². The van der Waals surface area contributed by atoms with Crippen LogP contribution in [0, 0.1) is 0 Å². The highest BCUT2D eigenvalue weighted by Gasteiger charge is 2.22. The fraction of sp³-hybridized carbons (Fsp3) is 0. The van der Waals surface area contributed by atoms with Crippen LogP contribution < -0.4 is 0 Å². The van der Waals surface area contributed by atoms with Crippen molar-refractivity contribution < 1.29 is 0 Å². The van der Waals surface area contributed by atoms with Gasteiger partial charge in [-0.2, -0.15) is 0 Å². The van der Waals surface area contributed by atoms with E-state index in [0.29, 0.717) is 0 Å². The van der Waals surface area contributed by atoms with E-state index < -0.39 is 0 Å². The monoisotopic (exact) mass is 1200 g/mol. The van der Waals surface area contributed by atoms with Crippen LogP contribution in [0.3, 0.4) is 0 Å². The Balaban J connectivity index is 0.000000139. The van der Waals surface area contributed by atoms with Crippen LogP contribution in [0.4, 0.5) is 0 Å². The fourth-order valence-corrected chi connectivity index (χ4v) is 14.8. The van der Waals surface area contributed by atoms with Gasteiger partial charge in [0.2, 0.25) is 0 Å². The van der Waals surface area contributed by atoms with E-state index in [-0.39, 0.29) is 0 Å². The molecule has 15 aromatic carbocycles. The highest BCUT2D eigenvalue weighted by Crippen LogP contribution is 2.45. The minimum absolute atomic E-state index is 1.15. The molecule has 0 atom stereocenters. The first-order valence-corrected chi connectivity index (χ1v) is 32.3. The molecular weight excluding hydrogens is 1140 g/mol. The van der Waals surface area contributed by atoms with Crippen LogP contribution in [0.15, 0.2) is 364 Å². The van der Waals surface area contributed by atoms with Gasteiger partial charge in [-0.25, -0.2) is 0 Å². The van der Waals surface area contributed by atoms with Gasteiger partial charge >= 0.3 is 0 Å². The summed E-state index contributed by atoms with van der Waals surface area (Å²) >= 11 is 0. The molecule has 4 heteroatoms. The third-order valence-corrected chi connectivity index (χ3v) is 19.1. The number of nitrogens with zero attached hydrogens (tertiary/aromatic N) is 4. The molecule has 0 N–H and O–H groups in total. The summed E-state index contributed by atoms with van der Waals surface area (Å²) in [6, 6.07) is 132. The predicted octanol–water partition coefficient (Wildman–Crippen LogP) is 24.1. The smallest absolute Gasteiger partial charge is 0.0547 e. The first-order chi connectivity index (χ1) is 46.7. The molecule has 4 aromatic heterocycles. The average molecular weight is 1200 g/mol. The maximum Gasteiger partial charge on any atom is 0.0547 e. The lowest BCUT2D eigenvalue weighted by Crippen LogP contribution is -1.94. The molecule has 0 unspecified atom stereocenters. The van der Waals surface area contributed by atoms with E-state index in [1.165, 1.54) is 149 Å². The summed E-state index contributed by atoms with van der Waals surface area (Å²) in [5.41, 5.74) is 26.5. The molecule has 0 saturated carbocycles. The summed E-state index contributed by atoms with van der Waals surface area (Å²) in [6.45, 7) is 0. The summed E-state index contributed by atoms with van der Waals surface area (Å²) < 4.78 is 9.63. The van der Waals surface area contributed by atoms with Gasteiger partial charge in [-0.3, -0.25) is 0 Å². The van der Waals surface area contributed by atoms with E-state index in [4.69, 9.17) is 0 Å². The topological polar surface area (TPSA) is 19.7 Å². The molecule has 0 aliphatic rings. The first-order valence-electron chi connectivity index (χ1n) is 32.3. The van der Waals surface area contributed by atoms with Crippen molar-refractivity contribution in [1.29, 1.82) is 0 Å². The Labute approximate surface area is 544 Å². The zero-order valence-electron chi connectivity index (χ0n) is 51.4. The van der Waals surface area contributed by atoms with Crippen molar-refractivity contribution in [2.45, 2.75) is 0 Å². The Morgan fingerprint density at radius 1 is 0.138 bits per heavy atom. The lowest BCUT2D eigenvalue weighted by atomic mass is 9.95. The maximum absolute atomic E-state index is 2.42. The fourth-order valence-electron chi connectivity index (χ4n) is 14.8. The van der Waals surface area contributed by atoms with Crippen LogP contribution in [0.2, 0.25) is 0 Å². The van der Waals surface area contributed by atoms with E-state index in [1.807, 2.05) is 0 Å². The number of hydrogen-bond acceptors (Lipinski definition) is 0. The van der Waals surface area contributed by atoms with Gasteiger partial charge in [0.1, 0.15) is 0 Å². The maximum atomic E-state index is 2.42. The molecular formula is C90H60N4. The number of para-hydroxylation sites is 5. The highest BCUT2D eigenvalue weighted by atomic mass is 15.0. The Morgan fingerprint density at radius 2 is 0.383 bits per heavy atom. The van der Waals surface area contributed by atoms with E-state index in [1.54, 1.807) is 0 Å². The van der Waals surface area contributed by atoms with Crippen LogP contribution in [-0.4, -0.2) is 18.3 Å². The van der Waals surface area contributed by atoms with Crippen molar-refractivity contribution >= 4 is 87.2 Å². The zero-order chi connectivity index (χ0) is 62.1. The molecule has 0 bridgehead atoms. The van der Waals surface area contributed by atoms with Crippen LogP contribution in [0.25, 0.3) is 166 Å². The van der Waals surface area contributed by atoms with E-state index >= 15 is 0 Å². The summed E-state index contributed by atoms with van der Waals surface area (Å²) in [4.78, 5) is 0. The largest absolute Gasteiger partial charge is 0.309 e. The molecule has 4 nitrogen and oxygen atoms in total. The summed E-state index contributed by atoms with van der Waals surface area (Å²) in [6.07, 6.45) is 0. The summed E-state index contributed by atoms with van der Waals surface area (Å²) in [7, 11) is 0. The highest BCUT2D eigenvalue weighted by molar-refractivity contribution is 6.22. The molecule has 0 aliphatic heterocycles. The lowest BCUT2D eigenvalue weighted by Gasteiger charge is -2.11. The molecule has 19 rings (SSSR count). The molecule has 0 radical (unpaired) electrons. The Kier molecular flexibility index (Phi) is 13.2. The minimum Gasteiger partial charge on any atom is -0.309 e. The molecule has 94 heavy (non-hydrogen) atoms. The summed E-state index contributed by atoms with van der Waals surface area (Å²) in [5, 5.41) is 10.1. The van der Waals surface area contributed by atoms with E-state index in [2.05, 4.69) is 382 Å². The molecule has 0 spiro atoms. The Morgan fingerprint density at radius 3 is 0.745 bits per heavy atom. The van der Waals surface area contributed by atoms with Gasteiger partial charge < -0.3 is 18.3 Å². The molecule has 0 saturated heterocycles. The van der Waals surface area contributed by atoms with Crippen LogP contribution in [0.5, 0.6) is 0 Å². The zero-order valence-corrected chi connectivity index (χ0v) is 51.4. The van der Waals surface area contributed by atoms with Gasteiger partial charge in [0.15, 0.2) is 0 Å². The van der Waals surface area contributed by atoms with Gasteiger partial charge in [0.05, 0.1) is 44.1 Å². The van der Waals surface area contributed by atoms with Gasteiger partial charge in [-0.1, -0.05) is 267 Å². The first kappa shape index (κ1) is 54.4. The van der Waals surface area contributed by atoms with Gasteiger partial charge in [-0.05, 0) is 153 Å². The third kappa shape index (κ3) is 9.14. The minimum atomic E-state index is 1.15. The molecule has 4 heterocycles. The number of rotatable bonds is 9. The predicted molar refractivity (Wildman–Crippen MR) is 397 cm³/mol. The number of hydrogen-bond donors (Lipinski definition) is 0. The second-order valence-electron chi connectivity index (χ2n) is 24.3. The normalized spacial score (nSPS) is 11.6. The summed E-state index contributed by atoms with van der Waals surface area (Å²) in [5.74, 6) is 0. The number of fused-ring (bicyclic) bond motifs is 12. The van der Waals surface area contributed by atoms with Crippen molar-refractivity contribution in [1.82, 2.24) is 18.3 Å². The second kappa shape index (κ2) is 22.8. The number of benzene rings is 15. The average Bonchev–Trinajstić information content (AvgIpc) is 1.57. The molecule has 440 valence electrons. The van der Waals surface area contributed by atoms with E-state index in [9.17, 15) is 0 Å². The Bertz CT molecular complexity index is 5840. The molecule has 0 amide bonds. The van der Waals surface area contributed by atoms with Crippen molar-refractivity contribution in [2.75, 3.05) is 0 Å². The third-order valence-electron chi connectivity index (χ3n) is 19.1. The van der Waals surface area contributed by atoms with Crippen molar-refractivity contribution in [3.63, 3.8) is 0 Å². The van der Waals surface area contributed by atoms with Crippen LogP contribution in [-0.2, 0) is 0 Å². The SMILES string of the molecule is c1ccc(-c2ccc(-n3c4ccccc4c4c(-c5cccc6c5c5ccccc5n6-c5ccc(-c6ccccc6)cc5)cccc43)cc2)cc1.c1ccc(-c2ccc(-n3c4ccccc4c4ccc(-c5ccc6c7ccccc7n(-c7ccccc7)c6c5)cc43)cc2)cc1. The molecule has 0 aliphatic carbocycles. The van der Waals surface area contributed by atoms with Crippen molar-refractivity contribution in [3.8, 4) is 78.4 Å². The van der Waals surface area contributed by atoms with Gasteiger partial charge in [-0.15, -0.1) is 0 Å². The van der Waals surface area contributed by atoms with Crippen LogP contribution >= 0.6 is 0 Å². The van der Waals surface area contributed by atoms with E-state index in [0.717, 1.165) is 17.1 Å². The lowest BCUT2D eigenvalue weighted by molar-refractivity contribution is 1.18. The molecule has 0 fully saturated rings. The van der Waals surface area contributed by atoms with Gasteiger partial charge in [0, 0.05) is 65.8 Å². The Hall–Kier alpha value is -12.5. The quantitative estimate of drug-likeness (QED) is 0.137. The van der Waals surface area contributed by atoms with Crippen molar-refractivity contribution in [2.24, 2.45) is 0 Å².